The first-order valence-corrected chi connectivity index (χ1v) is 11.2. The molecule has 0 aromatic heterocycles. The second-order valence-corrected chi connectivity index (χ2v) is 8.45. The van der Waals surface area contributed by atoms with Crippen LogP contribution in [0.4, 0.5) is 11.4 Å². The molecule has 1 fully saturated rings. The summed E-state index contributed by atoms with van der Waals surface area (Å²) in [6, 6.07) is 12.4. The molecule has 164 valence electrons. The summed E-state index contributed by atoms with van der Waals surface area (Å²) in [7, 11) is 0. The maximum Gasteiger partial charge on any atom is 0.258 e. The summed E-state index contributed by atoms with van der Waals surface area (Å²) in [5.41, 5.74) is 2.09. The number of hydrogen-bond acceptors (Lipinski definition) is 4. The van der Waals surface area contributed by atoms with E-state index in [4.69, 9.17) is 35.4 Å². The molecule has 2 N–H and O–H groups in total. The molecule has 0 aliphatic carbocycles. The lowest BCUT2D eigenvalue weighted by atomic mass is 10.2. The average Bonchev–Trinajstić information content (AvgIpc) is 2.76. The highest BCUT2D eigenvalue weighted by Crippen LogP contribution is 2.21. The number of carbonyl (C=O) groups excluding carboxylic acids is 2. The van der Waals surface area contributed by atoms with Gasteiger partial charge in [-0.05, 0) is 61.1 Å². The maximum absolute atomic E-state index is 12.4. The number of halogens is 2. The molecule has 31 heavy (non-hydrogen) atoms. The van der Waals surface area contributed by atoms with Gasteiger partial charge in [0.1, 0.15) is 0 Å². The normalized spacial score (nSPS) is 13.6. The number of piperazine rings is 1. The first kappa shape index (κ1) is 23.3. The fourth-order valence-corrected chi connectivity index (χ4v) is 3.93. The zero-order valence-electron chi connectivity index (χ0n) is 17.2. The van der Waals surface area contributed by atoms with Crippen LogP contribution in [-0.2, 0) is 4.79 Å². The monoisotopic (exact) mass is 478 g/mol. The molecule has 1 heterocycles. The summed E-state index contributed by atoms with van der Waals surface area (Å²) in [4.78, 5) is 28.6. The fourth-order valence-electron chi connectivity index (χ4n) is 3.35. The Bertz CT molecular complexity index is 960. The largest absolute Gasteiger partial charge is 0.368 e. The second-order valence-electron chi connectivity index (χ2n) is 7.20. The van der Waals surface area contributed by atoms with Gasteiger partial charge < -0.3 is 15.1 Å². The zero-order chi connectivity index (χ0) is 22.4. The predicted molar refractivity (Wildman–Crippen MR) is 130 cm³/mol. The summed E-state index contributed by atoms with van der Waals surface area (Å²) in [5, 5.41) is 6.48. The molecule has 0 spiro atoms. The van der Waals surface area contributed by atoms with Crippen molar-refractivity contribution in [2.45, 2.75) is 19.8 Å². The summed E-state index contributed by atoms with van der Waals surface area (Å²) in [6.45, 7) is 5.10. The molecule has 0 radical (unpaired) electrons. The van der Waals surface area contributed by atoms with Crippen molar-refractivity contribution in [2.75, 3.05) is 36.4 Å². The van der Waals surface area contributed by atoms with Gasteiger partial charge in [-0.3, -0.25) is 14.9 Å². The van der Waals surface area contributed by atoms with Crippen LogP contribution >= 0.6 is 35.4 Å². The van der Waals surface area contributed by atoms with Crippen molar-refractivity contribution in [3.05, 3.63) is 58.1 Å². The summed E-state index contributed by atoms with van der Waals surface area (Å²) < 4.78 is 0. The third-order valence-corrected chi connectivity index (χ3v) is 5.76. The van der Waals surface area contributed by atoms with E-state index < -0.39 is 5.91 Å². The van der Waals surface area contributed by atoms with Crippen molar-refractivity contribution in [1.29, 1.82) is 0 Å². The molecule has 2 aromatic carbocycles. The van der Waals surface area contributed by atoms with Gasteiger partial charge in [0.25, 0.3) is 5.91 Å². The minimum absolute atomic E-state index is 0.164. The Balaban J connectivity index is 1.52. The van der Waals surface area contributed by atoms with E-state index in [1.54, 1.807) is 12.1 Å². The van der Waals surface area contributed by atoms with Crippen LogP contribution in [-0.4, -0.2) is 48.0 Å². The van der Waals surface area contributed by atoms with Crippen LogP contribution in [0.15, 0.2) is 42.5 Å². The minimum Gasteiger partial charge on any atom is -0.368 e. The van der Waals surface area contributed by atoms with Crippen molar-refractivity contribution in [1.82, 2.24) is 10.2 Å². The van der Waals surface area contributed by atoms with Crippen LogP contribution in [0.25, 0.3) is 0 Å². The Morgan fingerprint density at radius 1 is 1.03 bits per heavy atom. The Hall–Kier alpha value is -2.35. The molecule has 9 heteroatoms. The number of benzene rings is 2. The summed E-state index contributed by atoms with van der Waals surface area (Å²) >= 11 is 17.2. The van der Waals surface area contributed by atoms with Crippen LogP contribution in [0.5, 0.6) is 0 Å². The molecule has 2 aromatic rings. The quantitative estimate of drug-likeness (QED) is 0.616. The molecule has 1 aliphatic rings. The highest BCUT2D eigenvalue weighted by Gasteiger charge is 2.20. The van der Waals surface area contributed by atoms with Crippen LogP contribution in [0, 0.1) is 0 Å². The van der Waals surface area contributed by atoms with Crippen molar-refractivity contribution in [3.63, 3.8) is 0 Å². The van der Waals surface area contributed by atoms with Crippen molar-refractivity contribution in [3.8, 4) is 0 Å². The van der Waals surface area contributed by atoms with E-state index >= 15 is 0 Å². The van der Waals surface area contributed by atoms with Gasteiger partial charge >= 0.3 is 0 Å². The van der Waals surface area contributed by atoms with E-state index in [0.29, 0.717) is 16.5 Å². The highest BCUT2D eigenvalue weighted by atomic mass is 35.5. The number of nitrogens with zero attached hydrogens (tertiary/aromatic N) is 2. The van der Waals surface area contributed by atoms with E-state index in [1.165, 1.54) is 6.07 Å². The summed E-state index contributed by atoms with van der Waals surface area (Å²) in [6.07, 6.45) is 1.49. The predicted octanol–water partition coefficient (Wildman–Crippen LogP) is 4.57. The third kappa shape index (κ3) is 6.32. The van der Waals surface area contributed by atoms with Gasteiger partial charge in [-0.15, -0.1) is 0 Å². The molecule has 3 rings (SSSR count). The Kier molecular flexibility index (Phi) is 8.12. The molecule has 2 amide bonds. The third-order valence-electron chi connectivity index (χ3n) is 4.99. The van der Waals surface area contributed by atoms with Gasteiger partial charge in [0.15, 0.2) is 5.11 Å². The summed E-state index contributed by atoms with van der Waals surface area (Å²) in [5.74, 6) is -0.201. The number of hydrogen-bond donors (Lipinski definition) is 2. The molecule has 0 atom stereocenters. The van der Waals surface area contributed by atoms with Gasteiger partial charge in [0, 0.05) is 49.0 Å². The topological polar surface area (TPSA) is 64.7 Å². The highest BCUT2D eigenvalue weighted by molar-refractivity contribution is 7.80. The van der Waals surface area contributed by atoms with Crippen molar-refractivity contribution in [2.24, 2.45) is 0 Å². The molecule has 1 saturated heterocycles. The van der Waals surface area contributed by atoms with E-state index in [2.05, 4.69) is 15.5 Å². The van der Waals surface area contributed by atoms with Crippen LogP contribution in [0.1, 0.15) is 30.1 Å². The number of anilines is 2. The van der Waals surface area contributed by atoms with Crippen LogP contribution in [0.3, 0.4) is 0 Å². The zero-order valence-corrected chi connectivity index (χ0v) is 19.5. The SMILES string of the molecule is CCCC(=O)N1CCN(c2ccc(NC(=S)NC(=O)c3cc(Cl)ccc3Cl)cc2)CC1. The maximum atomic E-state index is 12.4. The van der Waals surface area contributed by atoms with Gasteiger partial charge in [-0.1, -0.05) is 30.1 Å². The van der Waals surface area contributed by atoms with Crippen LogP contribution < -0.4 is 15.5 Å². The molecule has 0 bridgehead atoms. The Labute approximate surface area is 197 Å². The van der Waals surface area contributed by atoms with E-state index in [1.807, 2.05) is 36.1 Å². The van der Waals surface area contributed by atoms with E-state index in [-0.39, 0.29) is 16.6 Å². The van der Waals surface area contributed by atoms with E-state index in [9.17, 15) is 9.59 Å². The molecule has 6 nitrogen and oxygen atoms in total. The molecular weight excluding hydrogens is 455 g/mol. The fraction of sp³-hybridized carbons (Fsp3) is 0.318. The lowest BCUT2D eigenvalue weighted by molar-refractivity contribution is -0.131. The Morgan fingerprint density at radius 3 is 2.35 bits per heavy atom. The average molecular weight is 479 g/mol. The first-order valence-electron chi connectivity index (χ1n) is 10.1. The van der Waals surface area contributed by atoms with Gasteiger partial charge in [0.2, 0.25) is 5.91 Å². The molecule has 0 unspecified atom stereocenters. The number of amides is 2. The first-order chi connectivity index (χ1) is 14.9. The lowest BCUT2D eigenvalue weighted by Crippen LogP contribution is -2.48. The van der Waals surface area contributed by atoms with Crippen molar-refractivity contribution < 1.29 is 9.59 Å². The van der Waals surface area contributed by atoms with Gasteiger partial charge in [-0.2, -0.15) is 0 Å². The van der Waals surface area contributed by atoms with Crippen molar-refractivity contribution >= 4 is 63.7 Å². The molecule has 1 aliphatic heterocycles. The smallest absolute Gasteiger partial charge is 0.258 e. The Morgan fingerprint density at radius 2 is 1.71 bits per heavy atom. The lowest BCUT2D eigenvalue weighted by Gasteiger charge is -2.36. The van der Waals surface area contributed by atoms with Gasteiger partial charge in [-0.25, -0.2) is 0 Å². The number of nitrogens with one attached hydrogen (secondary N) is 2. The number of carbonyl (C=O) groups is 2. The number of thiocarbonyl (C=S) groups is 1. The molecular formula is C22H24Cl2N4O2S. The van der Waals surface area contributed by atoms with Gasteiger partial charge in [0.05, 0.1) is 10.6 Å². The second kappa shape index (κ2) is 10.8. The van der Waals surface area contributed by atoms with E-state index in [0.717, 1.165) is 44.0 Å². The number of rotatable bonds is 5. The van der Waals surface area contributed by atoms with Crippen LogP contribution in [0.2, 0.25) is 10.0 Å². The standard InChI is InChI=1S/C22H24Cl2N4O2S/c1-2-3-20(29)28-12-10-27(11-13-28)17-7-5-16(6-8-17)25-22(31)26-21(30)18-14-15(23)4-9-19(18)24/h4-9,14H,2-3,10-13H2,1H3,(H2,25,26,30,31). The molecule has 0 saturated carbocycles. The minimum atomic E-state index is -0.433.